The van der Waals surface area contributed by atoms with E-state index >= 15 is 0 Å². The summed E-state index contributed by atoms with van der Waals surface area (Å²) < 4.78 is 5.95. The molecule has 1 fully saturated rings. The summed E-state index contributed by atoms with van der Waals surface area (Å²) in [5, 5.41) is 5.82. The molecule has 0 spiro atoms. The highest BCUT2D eigenvalue weighted by atomic mass is 32.1. The van der Waals surface area contributed by atoms with Crippen LogP contribution in [0.3, 0.4) is 0 Å². The van der Waals surface area contributed by atoms with Crippen LogP contribution < -0.4 is 10.1 Å². The molecule has 1 aliphatic heterocycles. The summed E-state index contributed by atoms with van der Waals surface area (Å²) in [6, 6.07) is 13.6. The Kier molecular flexibility index (Phi) is 5.99. The molecule has 2 atom stereocenters. The smallest absolute Gasteiger partial charge is 0.237 e. The van der Waals surface area contributed by atoms with Gasteiger partial charge in [0.25, 0.3) is 0 Å². The molecule has 1 aromatic carbocycles. The number of thiazole rings is 1. The average molecular weight is 459 g/mol. The minimum atomic E-state index is -0.367. The first-order valence-electron chi connectivity index (χ1n) is 10.7. The normalized spacial score (nSPS) is 19.1. The van der Waals surface area contributed by atoms with Crippen molar-refractivity contribution in [3.63, 3.8) is 0 Å². The minimum Gasteiger partial charge on any atom is -0.485 e. The van der Waals surface area contributed by atoms with Gasteiger partial charge < -0.3 is 10.1 Å². The van der Waals surface area contributed by atoms with Gasteiger partial charge >= 0.3 is 0 Å². The highest BCUT2D eigenvalue weighted by molar-refractivity contribution is 7.13. The van der Waals surface area contributed by atoms with Crippen molar-refractivity contribution >= 4 is 34.1 Å². The Morgan fingerprint density at radius 3 is 2.52 bits per heavy atom. The molecule has 5 rings (SSSR count). The number of likely N-dealkylation sites (tertiary alicyclic amines) is 1. The molecule has 0 saturated carbocycles. The van der Waals surface area contributed by atoms with E-state index in [0.29, 0.717) is 36.3 Å². The first-order valence-corrected chi connectivity index (χ1v) is 11.6. The fourth-order valence-electron chi connectivity index (χ4n) is 3.91. The maximum absolute atomic E-state index is 12.6. The summed E-state index contributed by atoms with van der Waals surface area (Å²) in [5.41, 5.74) is 1.88. The second-order valence-corrected chi connectivity index (χ2v) is 8.65. The van der Waals surface area contributed by atoms with Crippen molar-refractivity contribution in [2.45, 2.75) is 13.0 Å². The number of anilines is 2. The standard InChI is InChI=1S/C25H22N4O3S/c30-23-19-9-4-5-10-20(19)24(31)29(23)14-12-18-16-33-25(27-18)28-22-21(11-6-13-26-22)32-15-17-7-2-1-3-8-17/h1-11,13,16,19-20H,12,14-15H2,(H,26,27,28). The van der Waals surface area contributed by atoms with Gasteiger partial charge in [0, 0.05) is 24.5 Å². The molecule has 1 saturated heterocycles. The molecule has 2 unspecified atom stereocenters. The number of carbonyl (C=O) groups excluding carboxylic acids is 2. The first-order chi connectivity index (χ1) is 16.2. The van der Waals surface area contributed by atoms with Crippen LogP contribution in [0.5, 0.6) is 5.75 Å². The van der Waals surface area contributed by atoms with Crippen LogP contribution in [0.15, 0.2) is 78.3 Å². The van der Waals surface area contributed by atoms with Crippen molar-refractivity contribution in [3.8, 4) is 5.75 Å². The summed E-state index contributed by atoms with van der Waals surface area (Å²) in [4.78, 5) is 35.5. The summed E-state index contributed by atoms with van der Waals surface area (Å²) in [6.07, 6.45) is 9.45. The Balaban J connectivity index is 1.20. The van der Waals surface area contributed by atoms with Gasteiger partial charge in [-0.15, -0.1) is 11.3 Å². The molecule has 1 aliphatic carbocycles. The van der Waals surface area contributed by atoms with Crippen LogP contribution in [0, 0.1) is 11.8 Å². The van der Waals surface area contributed by atoms with Gasteiger partial charge in [-0.1, -0.05) is 54.6 Å². The van der Waals surface area contributed by atoms with Crippen molar-refractivity contribution in [1.29, 1.82) is 0 Å². The molecule has 3 heterocycles. The summed E-state index contributed by atoms with van der Waals surface area (Å²) >= 11 is 1.44. The number of amides is 2. The van der Waals surface area contributed by atoms with E-state index in [0.717, 1.165) is 11.3 Å². The van der Waals surface area contributed by atoms with Gasteiger partial charge in [-0.2, -0.15) is 0 Å². The number of hydrogen-bond acceptors (Lipinski definition) is 7. The molecular weight excluding hydrogens is 436 g/mol. The van der Waals surface area contributed by atoms with Crippen molar-refractivity contribution in [1.82, 2.24) is 14.9 Å². The minimum absolute atomic E-state index is 0.132. The van der Waals surface area contributed by atoms with Crippen LogP contribution in [0.4, 0.5) is 10.9 Å². The van der Waals surface area contributed by atoms with Gasteiger partial charge in [-0.05, 0) is 17.7 Å². The summed E-state index contributed by atoms with van der Waals surface area (Å²) in [7, 11) is 0. The fourth-order valence-corrected chi connectivity index (χ4v) is 4.65. The lowest BCUT2D eigenvalue weighted by molar-refractivity contribution is -0.139. The number of hydrogen-bond donors (Lipinski definition) is 1. The van der Waals surface area contributed by atoms with E-state index in [9.17, 15) is 9.59 Å². The van der Waals surface area contributed by atoms with E-state index in [-0.39, 0.29) is 23.7 Å². The molecule has 2 amide bonds. The molecule has 33 heavy (non-hydrogen) atoms. The fraction of sp³-hybridized carbons (Fsp3) is 0.200. The maximum atomic E-state index is 12.6. The average Bonchev–Trinajstić information content (AvgIpc) is 3.40. The molecular formula is C25H22N4O3S. The number of allylic oxidation sites excluding steroid dienone is 2. The van der Waals surface area contributed by atoms with Crippen LogP contribution in [-0.4, -0.2) is 33.2 Å². The third-order valence-electron chi connectivity index (χ3n) is 5.61. The maximum Gasteiger partial charge on any atom is 0.237 e. The molecule has 8 heteroatoms. The third kappa shape index (κ3) is 4.56. The molecule has 3 aromatic rings. The van der Waals surface area contributed by atoms with E-state index < -0.39 is 0 Å². The van der Waals surface area contributed by atoms with Crippen molar-refractivity contribution in [2.24, 2.45) is 11.8 Å². The molecule has 2 aromatic heterocycles. The van der Waals surface area contributed by atoms with Crippen LogP contribution in [0.2, 0.25) is 0 Å². The van der Waals surface area contributed by atoms with Crippen molar-refractivity contribution in [3.05, 3.63) is 89.6 Å². The zero-order valence-electron chi connectivity index (χ0n) is 17.8. The van der Waals surface area contributed by atoms with Gasteiger partial charge in [0.05, 0.1) is 17.5 Å². The second kappa shape index (κ2) is 9.38. The zero-order chi connectivity index (χ0) is 22.6. The predicted molar refractivity (Wildman–Crippen MR) is 126 cm³/mol. The number of carbonyl (C=O) groups is 2. The molecule has 0 bridgehead atoms. The molecule has 1 N–H and O–H groups in total. The van der Waals surface area contributed by atoms with Crippen molar-refractivity contribution in [2.75, 3.05) is 11.9 Å². The van der Waals surface area contributed by atoms with Crippen LogP contribution in [0.25, 0.3) is 0 Å². The summed E-state index contributed by atoms with van der Waals surface area (Å²) in [5.74, 6) is 0.222. The number of nitrogens with zero attached hydrogens (tertiary/aromatic N) is 3. The SMILES string of the molecule is O=C1C2C=CC=CC2C(=O)N1CCc1csc(Nc2ncccc2OCc2ccccc2)n1. The predicted octanol–water partition coefficient (Wildman–Crippen LogP) is 4.13. The molecule has 2 aliphatic rings. The highest BCUT2D eigenvalue weighted by Crippen LogP contribution is 2.32. The lowest BCUT2D eigenvalue weighted by Crippen LogP contribution is -2.32. The van der Waals surface area contributed by atoms with Crippen molar-refractivity contribution < 1.29 is 14.3 Å². The number of pyridine rings is 1. The lowest BCUT2D eigenvalue weighted by Gasteiger charge is -2.13. The quantitative estimate of drug-likeness (QED) is 0.511. The highest BCUT2D eigenvalue weighted by Gasteiger charge is 2.45. The number of ether oxygens (including phenoxy) is 1. The number of rotatable bonds is 8. The van der Waals surface area contributed by atoms with E-state index in [1.165, 1.54) is 16.2 Å². The van der Waals surface area contributed by atoms with E-state index in [1.54, 1.807) is 18.3 Å². The van der Waals surface area contributed by atoms with Gasteiger partial charge in [-0.3, -0.25) is 14.5 Å². The Hall–Kier alpha value is -3.78. The van der Waals surface area contributed by atoms with Crippen LogP contribution >= 0.6 is 11.3 Å². The monoisotopic (exact) mass is 458 g/mol. The third-order valence-corrected chi connectivity index (χ3v) is 6.42. The second-order valence-electron chi connectivity index (χ2n) is 7.79. The Bertz CT molecular complexity index is 1190. The Labute approximate surface area is 195 Å². The van der Waals surface area contributed by atoms with Gasteiger partial charge in [0.1, 0.15) is 6.61 Å². The number of benzene rings is 1. The van der Waals surface area contributed by atoms with E-state index in [1.807, 2.05) is 60.0 Å². The van der Waals surface area contributed by atoms with E-state index in [4.69, 9.17) is 4.74 Å². The van der Waals surface area contributed by atoms with Gasteiger partial charge in [-0.25, -0.2) is 9.97 Å². The number of aromatic nitrogens is 2. The lowest BCUT2D eigenvalue weighted by atomic mass is 9.91. The number of nitrogens with one attached hydrogen (secondary N) is 1. The first kappa shape index (κ1) is 21.1. The molecule has 7 nitrogen and oxygen atoms in total. The Morgan fingerprint density at radius 1 is 1.00 bits per heavy atom. The molecule has 166 valence electrons. The van der Waals surface area contributed by atoms with Crippen LogP contribution in [-0.2, 0) is 22.6 Å². The Morgan fingerprint density at radius 2 is 1.76 bits per heavy atom. The van der Waals surface area contributed by atoms with E-state index in [2.05, 4.69) is 15.3 Å². The topological polar surface area (TPSA) is 84.4 Å². The van der Waals surface area contributed by atoms with Gasteiger partial charge in [0.2, 0.25) is 11.8 Å². The number of fused-ring (bicyclic) bond motifs is 1. The number of imide groups is 1. The molecule has 0 radical (unpaired) electrons. The van der Waals surface area contributed by atoms with Crippen LogP contribution in [0.1, 0.15) is 11.3 Å². The summed E-state index contributed by atoms with van der Waals surface area (Å²) in [6.45, 7) is 0.763. The van der Waals surface area contributed by atoms with Gasteiger partial charge in [0.15, 0.2) is 16.7 Å². The zero-order valence-corrected chi connectivity index (χ0v) is 18.6. The largest absolute Gasteiger partial charge is 0.485 e.